The molecule has 4 aromatic rings. The van der Waals surface area contributed by atoms with Gasteiger partial charge in [0.2, 0.25) is 0 Å². The maximum atomic E-state index is 13.4. The van der Waals surface area contributed by atoms with Crippen molar-refractivity contribution in [2.45, 2.75) is 27.7 Å². The summed E-state index contributed by atoms with van der Waals surface area (Å²) in [5.74, 6) is -0.568. The van der Waals surface area contributed by atoms with Crippen LogP contribution in [0.15, 0.2) is 65.0 Å². The number of aromatic nitrogens is 3. The second-order valence-corrected chi connectivity index (χ2v) is 9.11. The van der Waals surface area contributed by atoms with Gasteiger partial charge in [-0.25, -0.2) is 4.98 Å². The molecular weight excluding hydrogens is 474 g/mol. The predicted molar refractivity (Wildman–Crippen MR) is 143 cm³/mol. The number of benzene rings is 2. The van der Waals surface area contributed by atoms with Gasteiger partial charge in [0.1, 0.15) is 11.4 Å². The molecule has 1 aliphatic rings. The summed E-state index contributed by atoms with van der Waals surface area (Å²) in [6.07, 6.45) is 1.54. The largest absolute Gasteiger partial charge is 0.298 e. The van der Waals surface area contributed by atoms with E-state index in [-0.39, 0.29) is 16.2 Å². The summed E-state index contributed by atoms with van der Waals surface area (Å²) >= 11 is 5.30. The van der Waals surface area contributed by atoms with Crippen molar-refractivity contribution in [1.82, 2.24) is 19.7 Å². The number of aryl methyl sites for hydroxylation is 3. The number of rotatable bonds is 3. The van der Waals surface area contributed by atoms with E-state index in [1.807, 2.05) is 51.1 Å². The lowest BCUT2D eigenvalue weighted by atomic mass is 10.1. The van der Waals surface area contributed by atoms with Gasteiger partial charge < -0.3 is 0 Å². The van der Waals surface area contributed by atoms with E-state index in [9.17, 15) is 14.4 Å². The molecule has 1 saturated heterocycles. The van der Waals surface area contributed by atoms with E-state index in [1.165, 1.54) is 15.7 Å². The Morgan fingerprint density at radius 1 is 0.917 bits per heavy atom. The van der Waals surface area contributed by atoms with Crippen LogP contribution in [0.2, 0.25) is 0 Å². The minimum atomic E-state index is -0.570. The highest BCUT2D eigenvalue weighted by Crippen LogP contribution is 2.25. The van der Waals surface area contributed by atoms with Crippen LogP contribution in [-0.2, 0) is 9.59 Å². The molecule has 36 heavy (non-hydrogen) atoms. The third-order valence-electron chi connectivity index (χ3n) is 6.21. The number of amides is 2. The standard InChI is InChI=1S/C27H23N5O3S/c1-15-8-7-9-20(12-15)30-25(34)22(24(33)29-27(30)36)14-19-13-16(2)31(17(19)3)32-18(4)28-23-11-6-5-10-21(23)26(32)35/h5-14H,1-4H3,(H,29,33,36). The van der Waals surface area contributed by atoms with Crippen molar-refractivity contribution in [1.29, 1.82) is 0 Å². The van der Waals surface area contributed by atoms with E-state index in [0.717, 1.165) is 11.3 Å². The monoisotopic (exact) mass is 497 g/mol. The van der Waals surface area contributed by atoms with Gasteiger partial charge in [-0.3, -0.25) is 29.3 Å². The molecule has 1 aliphatic heterocycles. The summed E-state index contributed by atoms with van der Waals surface area (Å²) in [7, 11) is 0. The van der Waals surface area contributed by atoms with Gasteiger partial charge in [0, 0.05) is 11.4 Å². The van der Waals surface area contributed by atoms with Crippen molar-refractivity contribution in [3.8, 4) is 0 Å². The number of carbonyl (C=O) groups excluding carboxylic acids is 2. The molecule has 5 rings (SSSR count). The lowest BCUT2D eigenvalue weighted by molar-refractivity contribution is -0.122. The first kappa shape index (κ1) is 23.4. The molecule has 0 atom stereocenters. The second-order valence-electron chi connectivity index (χ2n) is 8.73. The Balaban J connectivity index is 1.63. The van der Waals surface area contributed by atoms with Gasteiger partial charge in [-0.05, 0) is 87.4 Å². The number of nitrogens with one attached hydrogen (secondary N) is 1. The van der Waals surface area contributed by atoms with Crippen molar-refractivity contribution in [3.05, 3.63) is 98.9 Å². The van der Waals surface area contributed by atoms with E-state index in [1.54, 1.807) is 35.9 Å². The van der Waals surface area contributed by atoms with Crippen LogP contribution < -0.4 is 15.8 Å². The number of fused-ring (bicyclic) bond motifs is 1. The average Bonchev–Trinajstić information content (AvgIpc) is 3.09. The van der Waals surface area contributed by atoms with Gasteiger partial charge in [0.15, 0.2) is 5.11 Å². The quantitative estimate of drug-likeness (QED) is 0.266. The first-order valence-corrected chi connectivity index (χ1v) is 11.7. The van der Waals surface area contributed by atoms with Crippen LogP contribution >= 0.6 is 12.2 Å². The first-order valence-electron chi connectivity index (χ1n) is 11.3. The van der Waals surface area contributed by atoms with Gasteiger partial charge in [0.25, 0.3) is 17.4 Å². The minimum Gasteiger partial charge on any atom is -0.298 e. The molecular formula is C27H23N5O3S. The van der Waals surface area contributed by atoms with Crippen LogP contribution in [0.4, 0.5) is 5.69 Å². The molecule has 180 valence electrons. The highest BCUT2D eigenvalue weighted by Gasteiger charge is 2.34. The zero-order valence-corrected chi connectivity index (χ0v) is 21.0. The average molecular weight is 498 g/mol. The van der Waals surface area contributed by atoms with Crippen molar-refractivity contribution in [2.24, 2.45) is 0 Å². The van der Waals surface area contributed by atoms with E-state index in [4.69, 9.17) is 12.2 Å². The number of hydrogen-bond donors (Lipinski definition) is 1. The first-order chi connectivity index (χ1) is 17.2. The number of anilines is 1. The lowest BCUT2D eigenvalue weighted by Crippen LogP contribution is -2.54. The molecule has 0 saturated carbocycles. The fourth-order valence-corrected chi connectivity index (χ4v) is 4.80. The van der Waals surface area contributed by atoms with Crippen molar-refractivity contribution < 1.29 is 9.59 Å². The van der Waals surface area contributed by atoms with E-state index < -0.39 is 11.8 Å². The van der Waals surface area contributed by atoms with Crippen LogP contribution in [-0.4, -0.2) is 31.3 Å². The molecule has 9 heteroatoms. The second kappa shape index (κ2) is 8.69. The fourth-order valence-electron chi connectivity index (χ4n) is 4.52. The molecule has 8 nitrogen and oxygen atoms in total. The smallest absolute Gasteiger partial charge is 0.280 e. The van der Waals surface area contributed by atoms with Crippen LogP contribution in [0.5, 0.6) is 0 Å². The molecule has 2 aromatic carbocycles. The van der Waals surface area contributed by atoms with Crippen LogP contribution in [0, 0.1) is 27.7 Å². The number of nitrogens with zero attached hydrogens (tertiary/aromatic N) is 4. The summed E-state index contributed by atoms with van der Waals surface area (Å²) in [4.78, 5) is 45.5. The maximum absolute atomic E-state index is 13.4. The van der Waals surface area contributed by atoms with Gasteiger partial charge >= 0.3 is 0 Å². The summed E-state index contributed by atoms with van der Waals surface area (Å²) in [6, 6.07) is 16.3. The Kier molecular flexibility index (Phi) is 5.64. The predicted octanol–water partition coefficient (Wildman–Crippen LogP) is 3.57. The van der Waals surface area contributed by atoms with Gasteiger partial charge in [-0.2, -0.15) is 4.68 Å². The minimum absolute atomic E-state index is 0.0302. The van der Waals surface area contributed by atoms with Crippen molar-refractivity contribution in [2.75, 3.05) is 4.90 Å². The Morgan fingerprint density at radius 3 is 2.42 bits per heavy atom. The number of thiocarbonyl (C=S) groups is 1. The summed E-state index contributed by atoms with van der Waals surface area (Å²) in [5.41, 5.74) is 3.95. The van der Waals surface area contributed by atoms with E-state index in [0.29, 0.717) is 33.7 Å². The van der Waals surface area contributed by atoms with E-state index in [2.05, 4.69) is 10.3 Å². The third kappa shape index (κ3) is 3.74. The normalized spacial score (nSPS) is 15.2. The highest BCUT2D eigenvalue weighted by molar-refractivity contribution is 7.80. The Bertz CT molecular complexity index is 1700. The SMILES string of the molecule is Cc1cccc(N2C(=O)C(=Cc3cc(C)n(-n4c(C)nc5ccccc5c4=O)c3C)C(=O)NC2=S)c1. The highest BCUT2D eigenvalue weighted by atomic mass is 32.1. The lowest BCUT2D eigenvalue weighted by Gasteiger charge is -2.29. The van der Waals surface area contributed by atoms with Crippen molar-refractivity contribution in [3.63, 3.8) is 0 Å². The Labute approximate surface area is 212 Å². The Morgan fingerprint density at radius 2 is 1.67 bits per heavy atom. The molecule has 0 bridgehead atoms. The van der Waals surface area contributed by atoms with Gasteiger partial charge in [-0.1, -0.05) is 24.3 Å². The molecule has 1 N–H and O–H groups in total. The molecule has 0 spiro atoms. The van der Waals surface area contributed by atoms with E-state index >= 15 is 0 Å². The van der Waals surface area contributed by atoms with Crippen molar-refractivity contribution >= 4 is 51.8 Å². The summed E-state index contributed by atoms with van der Waals surface area (Å²) < 4.78 is 3.25. The van der Waals surface area contributed by atoms with Gasteiger partial charge in [0.05, 0.1) is 16.6 Å². The van der Waals surface area contributed by atoms with Crippen LogP contribution in [0.25, 0.3) is 17.0 Å². The van der Waals surface area contributed by atoms with Crippen LogP contribution in [0.3, 0.4) is 0 Å². The van der Waals surface area contributed by atoms with Crippen LogP contribution in [0.1, 0.15) is 28.3 Å². The molecule has 2 amide bonds. The fraction of sp³-hybridized carbons (Fsp3) is 0.148. The zero-order valence-electron chi connectivity index (χ0n) is 20.2. The summed E-state index contributed by atoms with van der Waals surface area (Å²) in [6.45, 7) is 7.36. The summed E-state index contributed by atoms with van der Waals surface area (Å²) in [5, 5.41) is 3.15. The molecule has 0 aliphatic carbocycles. The maximum Gasteiger partial charge on any atom is 0.280 e. The molecule has 0 unspecified atom stereocenters. The topological polar surface area (TPSA) is 89.2 Å². The molecule has 2 aromatic heterocycles. The molecule has 1 fully saturated rings. The third-order valence-corrected chi connectivity index (χ3v) is 6.50. The number of hydrogen-bond acceptors (Lipinski definition) is 5. The molecule has 3 heterocycles. The van der Waals surface area contributed by atoms with Gasteiger partial charge in [-0.15, -0.1) is 0 Å². The zero-order chi connectivity index (χ0) is 25.7. The Hall–Kier alpha value is -4.37. The molecule has 0 radical (unpaired) electrons. The number of carbonyl (C=O) groups is 2. The number of para-hydroxylation sites is 1.